The maximum Gasteiger partial charge on any atom is 0.126 e. The first-order valence-electron chi connectivity index (χ1n) is 7.73. The summed E-state index contributed by atoms with van der Waals surface area (Å²) < 4.78 is 5.40. The SMILES string of the molecule is COc1ccccc1-c1ccc(CNCC(O)C(C)C)cc1. The van der Waals surface area contributed by atoms with Crippen molar-refractivity contribution in [3.8, 4) is 16.9 Å². The molecule has 2 N–H and O–H groups in total. The Kier molecular flexibility index (Phi) is 5.99. The molecular weight excluding hydrogens is 274 g/mol. The van der Waals surface area contributed by atoms with Crippen LogP contribution in [-0.4, -0.2) is 24.9 Å². The van der Waals surface area contributed by atoms with E-state index in [-0.39, 0.29) is 12.0 Å². The molecule has 3 heteroatoms. The first-order chi connectivity index (χ1) is 10.6. The predicted molar refractivity (Wildman–Crippen MR) is 91.0 cm³/mol. The van der Waals surface area contributed by atoms with Gasteiger partial charge in [-0.3, -0.25) is 0 Å². The standard InChI is InChI=1S/C19H25NO2/c1-14(2)18(21)13-20-12-15-8-10-16(11-9-15)17-6-4-5-7-19(17)22-3/h4-11,14,18,20-21H,12-13H2,1-3H3. The lowest BCUT2D eigenvalue weighted by Gasteiger charge is -2.15. The highest BCUT2D eigenvalue weighted by Crippen LogP contribution is 2.29. The van der Waals surface area contributed by atoms with Gasteiger partial charge in [0.2, 0.25) is 0 Å². The number of ether oxygens (including phenoxy) is 1. The summed E-state index contributed by atoms with van der Waals surface area (Å²) in [6.45, 7) is 5.42. The van der Waals surface area contributed by atoms with E-state index in [0.29, 0.717) is 6.54 Å². The van der Waals surface area contributed by atoms with Crippen LogP contribution in [0.1, 0.15) is 19.4 Å². The third kappa shape index (κ3) is 4.33. The Labute approximate surface area is 133 Å². The van der Waals surface area contributed by atoms with E-state index in [4.69, 9.17) is 4.74 Å². The fraction of sp³-hybridized carbons (Fsp3) is 0.368. The van der Waals surface area contributed by atoms with Crippen molar-refractivity contribution in [2.75, 3.05) is 13.7 Å². The molecule has 1 unspecified atom stereocenters. The van der Waals surface area contributed by atoms with E-state index in [0.717, 1.165) is 23.4 Å². The highest BCUT2D eigenvalue weighted by atomic mass is 16.5. The zero-order valence-electron chi connectivity index (χ0n) is 13.5. The molecule has 0 radical (unpaired) electrons. The summed E-state index contributed by atoms with van der Waals surface area (Å²) in [4.78, 5) is 0. The number of nitrogens with one attached hydrogen (secondary N) is 1. The second-order valence-electron chi connectivity index (χ2n) is 5.84. The fourth-order valence-electron chi connectivity index (χ4n) is 2.29. The molecule has 22 heavy (non-hydrogen) atoms. The summed E-state index contributed by atoms with van der Waals surface area (Å²) in [5.41, 5.74) is 3.44. The molecule has 118 valence electrons. The summed E-state index contributed by atoms with van der Waals surface area (Å²) in [5, 5.41) is 13.1. The van der Waals surface area contributed by atoms with Gasteiger partial charge in [-0.2, -0.15) is 0 Å². The van der Waals surface area contributed by atoms with E-state index in [1.54, 1.807) is 7.11 Å². The minimum atomic E-state index is -0.298. The third-order valence-corrected chi connectivity index (χ3v) is 3.82. The van der Waals surface area contributed by atoms with E-state index in [2.05, 4.69) is 35.6 Å². The van der Waals surface area contributed by atoms with Gasteiger partial charge >= 0.3 is 0 Å². The maximum atomic E-state index is 9.78. The van der Waals surface area contributed by atoms with Crippen molar-refractivity contribution >= 4 is 0 Å². The lowest BCUT2D eigenvalue weighted by atomic mass is 10.0. The molecule has 2 aromatic carbocycles. The second-order valence-corrected chi connectivity index (χ2v) is 5.84. The number of methoxy groups -OCH3 is 1. The van der Waals surface area contributed by atoms with Gasteiger partial charge in [0, 0.05) is 18.7 Å². The summed E-state index contributed by atoms with van der Waals surface area (Å²) in [5.74, 6) is 1.16. The molecule has 0 bridgehead atoms. The van der Waals surface area contributed by atoms with Gasteiger partial charge in [-0.1, -0.05) is 56.3 Å². The van der Waals surface area contributed by atoms with Gasteiger partial charge in [0.15, 0.2) is 0 Å². The van der Waals surface area contributed by atoms with Gasteiger partial charge in [0.1, 0.15) is 5.75 Å². The molecule has 2 aromatic rings. The van der Waals surface area contributed by atoms with Crippen molar-refractivity contribution in [2.24, 2.45) is 5.92 Å². The summed E-state index contributed by atoms with van der Waals surface area (Å²) in [6.07, 6.45) is -0.298. The summed E-state index contributed by atoms with van der Waals surface area (Å²) in [7, 11) is 1.69. The van der Waals surface area contributed by atoms with Crippen molar-refractivity contribution in [1.82, 2.24) is 5.32 Å². The first-order valence-corrected chi connectivity index (χ1v) is 7.73. The van der Waals surface area contributed by atoms with Crippen molar-refractivity contribution in [3.05, 3.63) is 54.1 Å². The molecule has 2 rings (SSSR count). The number of para-hydroxylation sites is 1. The smallest absolute Gasteiger partial charge is 0.126 e. The van der Waals surface area contributed by atoms with Gasteiger partial charge in [-0.05, 0) is 23.1 Å². The van der Waals surface area contributed by atoms with Crippen molar-refractivity contribution in [3.63, 3.8) is 0 Å². The van der Waals surface area contributed by atoms with Crippen molar-refractivity contribution < 1.29 is 9.84 Å². The Morgan fingerprint density at radius 2 is 1.73 bits per heavy atom. The Morgan fingerprint density at radius 1 is 1.05 bits per heavy atom. The molecule has 0 saturated heterocycles. The predicted octanol–water partition coefficient (Wildman–Crippen LogP) is 3.47. The van der Waals surface area contributed by atoms with Gasteiger partial charge in [0.05, 0.1) is 13.2 Å². The minimum absolute atomic E-state index is 0.278. The topological polar surface area (TPSA) is 41.5 Å². The van der Waals surface area contributed by atoms with Crippen LogP contribution in [0.5, 0.6) is 5.75 Å². The highest BCUT2D eigenvalue weighted by molar-refractivity contribution is 5.70. The molecule has 0 aliphatic heterocycles. The molecule has 1 atom stereocenters. The fourth-order valence-corrected chi connectivity index (χ4v) is 2.29. The minimum Gasteiger partial charge on any atom is -0.496 e. The van der Waals surface area contributed by atoms with Gasteiger partial charge in [-0.25, -0.2) is 0 Å². The van der Waals surface area contributed by atoms with Gasteiger partial charge < -0.3 is 15.2 Å². The van der Waals surface area contributed by atoms with E-state index < -0.39 is 0 Å². The maximum absolute atomic E-state index is 9.78. The monoisotopic (exact) mass is 299 g/mol. The van der Waals surface area contributed by atoms with Gasteiger partial charge in [0.25, 0.3) is 0 Å². The average Bonchev–Trinajstić information content (AvgIpc) is 2.55. The Bertz CT molecular complexity index is 578. The zero-order chi connectivity index (χ0) is 15.9. The van der Waals surface area contributed by atoms with Crippen LogP contribution in [-0.2, 0) is 6.54 Å². The molecular formula is C19H25NO2. The Balaban J connectivity index is 1.98. The average molecular weight is 299 g/mol. The van der Waals surface area contributed by atoms with Crippen LogP contribution >= 0.6 is 0 Å². The van der Waals surface area contributed by atoms with E-state index in [9.17, 15) is 5.11 Å². The van der Waals surface area contributed by atoms with Crippen LogP contribution in [0.2, 0.25) is 0 Å². The van der Waals surface area contributed by atoms with Crippen LogP contribution in [0, 0.1) is 5.92 Å². The molecule has 0 heterocycles. The quantitative estimate of drug-likeness (QED) is 0.822. The third-order valence-electron chi connectivity index (χ3n) is 3.82. The van der Waals surface area contributed by atoms with Crippen molar-refractivity contribution in [1.29, 1.82) is 0 Å². The lowest BCUT2D eigenvalue weighted by molar-refractivity contribution is 0.123. The molecule has 0 aliphatic carbocycles. The van der Waals surface area contributed by atoms with Gasteiger partial charge in [-0.15, -0.1) is 0 Å². The van der Waals surface area contributed by atoms with Crippen LogP contribution in [0.4, 0.5) is 0 Å². The summed E-state index contributed by atoms with van der Waals surface area (Å²) >= 11 is 0. The molecule has 0 spiro atoms. The number of hydrogen-bond donors (Lipinski definition) is 2. The molecule has 0 fully saturated rings. The molecule has 0 saturated carbocycles. The number of rotatable bonds is 7. The molecule has 0 amide bonds. The number of aliphatic hydroxyl groups is 1. The van der Waals surface area contributed by atoms with Crippen LogP contribution in [0.15, 0.2) is 48.5 Å². The normalized spacial score (nSPS) is 12.4. The first kappa shape index (κ1) is 16.5. The molecule has 0 aliphatic rings. The van der Waals surface area contributed by atoms with E-state index in [1.807, 2.05) is 32.0 Å². The Morgan fingerprint density at radius 3 is 2.36 bits per heavy atom. The summed E-state index contributed by atoms with van der Waals surface area (Å²) in [6, 6.07) is 16.4. The zero-order valence-corrected chi connectivity index (χ0v) is 13.5. The van der Waals surface area contributed by atoms with E-state index >= 15 is 0 Å². The van der Waals surface area contributed by atoms with E-state index in [1.165, 1.54) is 5.56 Å². The Hall–Kier alpha value is -1.84. The molecule has 3 nitrogen and oxygen atoms in total. The largest absolute Gasteiger partial charge is 0.496 e. The highest BCUT2D eigenvalue weighted by Gasteiger charge is 2.08. The second kappa shape index (κ2) is 7.97. The van der Waals surface area contributed by atoms with Crippen LogP contribution < -0.4 is 10.1 Å². The number of benzene rings is 2. The number of hydrogen-bond acceptors (Lipinski definition) is 3. The lowest BCUT2D eigenvalue weighted by Crippen LogP contribution is -2.30. The van der Waals surface area contributed by atoms with Crippen molar-refractivity contribution in [2.45, 2.75) is 26.5 Å². The number of aliphatic hydroxyl groups excluding tert-OH is 1. The van der Waals surface area contributed by atoms with Crippen LogP contribution in [0.3, 0.4) is 0 Å². The van der Waals surface area contributed by atoms with Crippen LogP contribution in [0.25, 0.3) is 11.1 Å². The molecule has 0 aromatic heterocycles.